The minimum atomic E-state index is -0.476. The fraction of sp³-hybridized carbons (Fsp3) is 0.250. The highest BCUT2D eigenvalue weighted by atomic mass is 79.9. The third kappa shape index (κ3) is 5.37. The van der Waals surface area contributed by atoms with Gasteiger partial charge in [0.25, 0.3) is 5.91 Å². The molecule has 1 aromatic heterocycles. The predicted molar refractivity (Wildman–Crippen MR) is 94.8 cm³/mol. The molecule has 0 aliphatic heterocycles. The second-order valence-electron chi connectivity index (χ2n) is 4.57. The molecule has 23 heavy (non-hydrogen) atoms. The zero-order valence-electron chi connectivity index (χ0n) is 12.6. The van der Waals surface area contributed by atoms with Gasteiger partial charge in [-0.15, -0.1) is 11.3 Å². The minimum absolute atomic E-state index is 0.149. The van der Waals surface area contributed by atoms with Crippen LogP contribution in [0.5, 0.6) is 0 Å². The SMILES string of the molecule is CCOC(=O)NCCNC(=O)c1ccc(-c2ccc(Br)cc2)s1. The van der Waals surface area contributed by atoms with E-state index in [1.54, 1.807) is 13.0 Å². The molecule has 0 unspecified atom stereocenters. The van der Waals surface area contributed by atoms with E-state index in [0.29, 0.717) is 24.6 Å². The first-order valence-corrected chi connectivity index (χ1v) is 8.75. The Morgan fingerprint density at radius 2 is 1.78 bits per heavy atom. The van der Waals surface area contributed by atoms with Gasteiger partial charge >= 0.3 is 6.09 Å². The van der Waals surface area contributed by atoms with Crippen molar-refractivity contribution in [1.29, 1.82) is 0 Å². The lowest BCUT2D eigenvalue weighted by atomic mass is 10.2. The summed E-state index contributed by atoms with van der Waals surface area (Å²) in [4.78, 5) is 24.8. The number of alkyl carbamates (subject to hydrolysis) is 1. The quantitative estimate of drug-likeness (QED) is 0.732. The van der Waals surface area contributed by atoms with Crippen LogP contribution in [0.4, 0.5) is 4.79 Å². The lowest BCUT2D eigenvalue weighted by Crippen LogP contribution is -2.34. The van der Waals surface area contributed by atoms with Crippen molar-refractivity contribution in [3.05, 3.63) is 45.7 Å². The maximum atomic E-state index is 12.1. The molecule has 0 aliphatic rings. The molecule has 5 nitrogen and oxygen atoms in total. The van der Waals surface area contributed by atoms with E-state index >= 15 is 0 Å². The number of hydrogen-bond acceptors (Lipinski definition) is 4. The van der Waals surface area contributed by atoms with Gasteiger partial charge in [-0.25, -0.2) is 4.79 Å². The van der Waals surface area contributed by atoms with Crippen LogP contribution in [-0.4, -0.2) is 31.7 Å². The third-order valence-electron chi connectivity index (χ3n) is 2.91. The Labute approximate surface area is 147 Å². The number of thiophene rings is 1. The van der Waals surface area contributed by atoms with Gasteiger partial charge < -0.3 is 15.4 Å². The molecule has 7 heteroatoms. The number of ether oxygens (including phenoxy) is 1. The number of hydrogen-bond donors (Lipinski definition) is 2. The fourth-order valence-electron chi connectivity index (χ4n) is 1.84. The number of carbonyl (C=O) groups is 2. The van der Waals surface area contributed by atoms with Gasteiger partial charge in [-0.1, -0.05) is 28.1 Å². The van der Waals surface area contributed by atoms with E-state index in [1.807, 2.05) is 30.3 Å². The van der Waals surface area contributed by atoms with Crippen LogP contribution in [0.25, 0.3) is 10.4 Å². The van der Waals surface area contributed by atoms with Crippen LogP contribution in [0.15, 0.2) is 40.9 Å². The lowest BCUT2D eigenvalue weighted by Gasteiger charge is -2.06. The molecule has 2 amide bonds. The monoisotopic (exact) mass is 396 g/mol. The van der Waals surface area contributed by atoms with Crippen LogP contribution in [-0.2, 0) is 4.74 Å². The molecular formula is C16H17BrN2O3S. The van der Waals surface area contributed by atoms with Crippen molar-refractivity contribution in [3.8, 4) is 10.4 Å². The minimum Gasteiger partial charge on any atom is -0.450 e. The molecule has 0 aliphatic carbocycles. The van der Waals surface area contributed by atoms with Gasteiger partial charge in [0.2, 0.25) is 0 Å². The van der Waals surface area contributed by atoms with Gasteiger partial charge in [0, 0.05) is 22.4 Å². The Morgan fingerprint density at radius 1 is 1.09 bits per heavy atom. The smallest absolute Gasteiger partial charge is 0.407 e. The molecule has 0 saturated heterocycles. The average molecular weight is 397 g/mol. The van der Waals surface area contributed by atoms with Gasteiger partial charge in [-0.3, -0.25) is 4.79 Å². The van der Waals surface area contributed by atoms with Crippen molar-refractivity contribution in [2.24, 2.45) is 0 Å². The van der Waals surface area contributed by atoms with Gasteiger partial charge in [0.05, 0.1) is 11.5 Å². The molecule has 0 spiro atoms. The van der Waals surface area contributed by atoms with Crippen LogP contribution in [0.2, 0.25) is 0 Å². The van der Waals surface area contributed by atoms with Crippen LogP contribution in [0.1, 0.15) is 16.6 Å². The van der Waals surface area contributed by atoms with Crippen molar-refractivity contribution >= 4 is 39.3 Å². The van der Waals surface area contributed by atoms with E-state index < -0.39 is 6.09 Å². The summed E-state index contributed by atoms with van der Waals surface area (Å²) in [5.74, 6) is -0.149. The van der Waals surface area contributed by atoms with E-state index in [0.717, 1.165) is 14.9 Å². The largest absolute Gasteiger partial charge is 0.450 e. The molecule has 122 valence electrons. The molecule has 0 bridgehead atoms. The van der Waals surface area contributed by atoms with Gasteiger partial charge in [0.1, 0.15) is 0 Å². The first-order chi connectivity index (χ1) is 11.1. The van der Waals surface area contributed by atoms with Crippen molar-refractivity contribution in [2.45, 2.75) is 6.92 Å². The Hall–Kier alpha value is -1.86. The number of nitrogens with one attached hydrogen (secondary N) is 2. The summed E-state index contributed by atoms with van der Waals surface area (Å²) in [6.07, 6.45) is -0.476. The highest BCUT2D eigenvalue weighted by molar-refractivity contribution is 9.10. The maximum absolute atomic E-state index is 12.1. The molecule has 2 N–H and O–H groups in total. The summed E-state index contributed by atoms with van der Waals surface area (Å²) < 4.78 is 5.75. The van der Waals surface area contributed by atoms with Gasteiger partial charge in [-0.05, 0) is 36.8 Å². The second-order valence-corrected chi connectivity index (χ2v) is 6.57. The van der Waals surface area contributed by atoms with Gasteiger partial charge in [-0.2, -0.15) is 0 Å². The Balaban J connectivity index is 1.84. The number of rotatable bonds is 6. The van der Waals surface area contributed by atoms with Crippen molar-refractivity contribution in [3.63, 3.8) is 0 Å². The van der Waals surface area contributed by atoms with Crippen LogP contribution < -0.4 is 10.6 Å². The Bertz CT molecular complexity index is 670. The van der Waals surface area contributed by atoms with E-state index in [1.165, 1.54) is 11.3 Å². The first-order valence-electron chi connectivity index (χ1n) is 7.14. The highest BCUT2D eigenvalue weighted by Crippen LogP contribution is 2.28. The molecule has 2 aromatic rings. The molecule has 0 radical (unpaired) electrons. The highest BCUT2D eigenvalue weighted by Gasteiger charge is 2.10. The molecule has 0 fully saturated rings. The van der Waals surface area contributed by atoms with E-state index in [4.69, 9.17) is 4.74 Å². The van der Waals surface area contributed by atoms with E-state index in [9.17, 15) is 9.59 Å². The summed E-state index contributed by atoms with van der Waals surface area (Å²) in [5.41, 5.74) is 1.07. The maximum Gasteiger partial charge on any atom is 0.407 e. The van der Waals surface area contributed by atoms with E-state index in [-0.39, 0.29) is 5.91 Å². The standard InChI is InChI=1S/C16H17BrN2O3S/c1-2-22-16(21)19-10-9-18-15(20)14-8-7-13(23-14)11-3-5-12(17)6-4-11/h3-8H,2,9-10H2,1H3,(H,18,20)(H,19,21). The van der Waals surface area contributed by atoms with Crippen LogP contribution in [0, 0.1) is 0 Å². The predicted octanol–water partition coefficient (Wildman–Crippen LogP) is 3.65. The topological polar surface area (TPSA) is 67.4 Å². The Morgan fingerprint density at radius 3 is 2.48 bits per heavy atom. The van der Waals surface area contributed by atoms with Crippen molar-refractivity contribution in [1.82, 2.24) is 10.6 Å². The number of amides is 2. The molecule has 2 rings (SSSR count). The van der Waals surface area contributed by atoms with E-state index in [2.05, 4.69) is 26.6 Å². The average Bonchev–Trinajstić information content (AvgIpc) is 3.02. The summed E-state index contributed by atoms with van der Waals surface area (Å²) in [5, 5.41) is 5.31. The van der Waals surface area contributed by atoms with Crippen molar-refractivity contribution in [2.75, 3.05) is 19.7 Å². The second kappa shape index (κ2) is 8.69. The number of halogens is 1. The summed E-state index contributed by atoms with van der Waals surface area (Å²) in [7, 11) is 0. The zero-order chi connectivity index (χ0) is 16.7. The normalized spacial score (nSPS) is 10.2. The molecule has 0 atom stereocenters. The van der Waals surface area contributed by atoms with Gasteiger partial charge in [0.15, 0.2) is 0 Å². The van der Waals surface area contributed by atoms with Crippen LogP contribution in [0.3, 0.4) is 0 Å². The lowest BCUT2D eigenvalue weighted by molar-refractivity contribution is 0.0956. The fourth-order valence-corrected chi connectivity index (χ4v) is 3.03. The van der Waals surface area contributed by atoms with Crippen molar-refractivity contribution < 1.29 is 14.3 Å². The number of benzene rings is 1. The first kappa shape index (κ1) is 17.5. The van der Waals surface area contributed by atoms with Crippen LogP contribution >= 0.6 is 27.3 Å². The Kier molecular flexibility index (Phi) is 6.61. The molecule has 0 saturated carbocycles. The molecule has 1 aromatic carbocycles. The third-order valence-corrected chi connectivity index (χ3v) is 4.58. The number of carbonyl (C=O) groups excluding carboxylic acids is 2. The summed E-state index contributed by atoms with van der Waals surface area (Å²) >= 11 is 4.84. The molecule has 1 heterocycles. The zero-order valence-corrected chi connectivity index (χ0v) is 15.0. The summed E-state index contributed by atoms with van der Waals surface area (Å²) in [6.45, 7) is 2.74. The molecular weight excluding hydrogens is 380 g/mol. The summed E-state index contributed by atoms with van der Waals surface area (Å²) in [6, 6.07) is 11.7.